The van der Waals surface area contributed by atoms with Gasteiger partial charge in [0.05, 0.1) is 24.6 Å². The van der Waals surface area contributed by atoms with Crippen molar-refractivity contribution in [1.29, 1.82) is 0 Å². The molecule has 1 aliphatic rings. The van der Waals surface area contributed by atoms with Crippen LogP contribution >= 0.6 is 11.3 Å². The summed E-state index contributed by atoms with van der Waals surface area (Å²) in [6.07, 6.45) is 1.65. The molecule has 2 heterocycles. The van der Waals surface area contributed by atoms with Crippen molar-refractivity contribution in [2.24, 2.45) is 5.92 Å². The maximum atomic E-state index is 12.6. The summed E-state index contributed by atoms with van der Waals surface area (Å²) in [5.74, 6) is -0.583. The topological polar surface area (TPSA) is 101 Å². The van der Waals surface area contributed by atoms with Gasteiger partial charge in [0.2, 0.25) is 5.91 Å². The Morgan fingerprint density at radius 1 is 1.30 bits per heavy atom. The second-order valence-electron chi connectivity index (χ2n) is 7.20. The van der Waals surface area contributed by atoms with Crippen LogP contribution in [0.25, 0.3) is 0 Å². The molecule has 30 heavy (non-hydrogen) atoms. The minimum absolute atomic E-state index is 0.0786. The van der Waals surface area contributed by atoms with Crippen LogP contribution in [0, 0.1) is 12.8 Å². The summed E-state index contributed by atoms with van der Waals surface area (Å²) < 4.78 is 5.08. The Hall–Kier alpha value is -2.94. The van der Waals surface area contributed by atoms with E-state index in [1.807, 2.05) is 25.1 Å². The van der Waals surface area contributed by atoms with E-state index in [0.29, 0.717) is 36.2 Å². The standard InChI is InChI=1S/C21H26N4O4S/c1-3-29-19(27)15-7-5-9-25(12-15)18(26)11-17-13-30-21(23-17)24-20(28)22-16-8-4-6-14(2)10-16/h4,6,8,10,13,15H,3,5,7,9,11-12H2,1-2H3,(H2,22,23,24,28). The van der Waals surface area contributed by atoms with E-state index in [0.717, 1.165) is 18.4 Å². The molecule has 1 unspecified atom stereocenters. The quantitative estimate of drug-likeness (QED) is 0.684. The maximum Gasteiger partial charge on any atom is 0.325 e. The van der Waals surface area contributed by atoms with Crippen molar-refractivity contribution >= 4 is 40.1 Å². The van der Waals surface area contributed by atoms with Gasteiger partial charge < -0.3 is 15.0 Å². The first-order valence-corrected chi connectivity index (χ1v) is 10.9. The van der Waals surface area contributed by atoms with Gasteiger partial charge in [0.1, 0.15) is 0 Å². The molecule has 1 aromatic heterocycles. The number of aryl methyl sites for hydroxylation is 1. The minimum Gasteiger partial charge on any atom is -0.466 e. The predicted molar refractivity (Wildman–Crippen MR) is 116 cm³/mol. The number of hydrogen-bond donors (Lipinski definition) is 2. The van der Waals surface area contributed by atoms with Crippen LogP contribution < -0.4 is 10.6 Å². The number of anilines is 2. The molecule has 0 radical (unpaired) electrons. The number of nitrogens with zero attached hydrogens (tertiary/aromatic N) is 2. The van der Waals surface area contributed by atoms with Gasteiger partial charge in [-0.15, -0.1) is 11.3 Å². The third kappa shape index (κ3) is 6.03. The lowest BCUT2D eigenvalue weighted by Crippen LogP contribution is -2.43. The van der Waals surface area contributed by atoms with Crippen molar-refractivity contribution in [3.05, 3.63) is 40.9 Å². The molecule has 0 bridgehead atoms. The van der Waals surface area contributed by atoms with Crippen molar-refractivity contribution in [3.63, 3.8) is 0 Å². The summed E-state index contributed by atoms with van der Waals surface area (Å²) >= 11 is 1.26. The molecule has 8 nitrogen and oxygen atoms in total. The fraction of sp³-hybridized carbons (Fsp3) is 0.429. The summed E-state index contributed by atoms with van der Waals surface area (Å²) in [7, 11) is 0. The molecule has 160 valence electrons. The van der Waals surface area contributed by atoms with Crippen LogP contribution in [0.2, 0.25) is 0 Å². The van der Waals surface area contributed by atoms with Crippen molar-refractivity contribution in [2.75, 3.05) is 30.3 Å². The number of carbonyl (C=O) groups is 3. The third-order valence-corrected chi connectivity index (χ3v) is 5.58. The zero-order chi connectivity index (χ0) is 21.5. The highest BCUT2D eigenvalue weighted by Gasteiger charge is 2.29. The lowest BCUT2D eigenvalue weighted by molar-refractivity contribution is -0.151. The number of carbonyl (C=O) groups excluding carboxylic acids is 3. The highest BCUT2D eigenvalue weighted by atomic mass is 32.1. The molecule has 1 aromatic carbocycles. The van der Waals surface area contributed by atoms with E-state index in [1.165, 1.54) is 11.3 Å². The third-order valence-electron chi connectivity index (χ3n) is 4.77. The molecule has 1 fully saturated rings. The largest absolute Gasteiger partial charge is 0.466 e. The number of hydrogen-bond acceptors (Lipinski definition) is 6. The predicted octanol–water partition coefficient (Wildman–Crippen LogP) is 3.44. The van der Waals surface area contributed by atoms with E-state index in [1.54, 1.807) is 23.3 Å². The summed E-state index contributed by atoms with van der Waals surface area (Å²) in [6, 6.07) is 7.10. The lowest BCUT2D eigenvalue weighted by Gasteiger charge is -2.31. The molecule has 3 rings (SSSR count). The second kappa shape index (κ2) is 10.2. The Kier molecular flexibility index (Phi) is 7.40. The molecule has 0 saturated carbocycles. The summed E-state index contributed by atoms with van der Waals surface area (Å²) in [5.41, 5.74) is 2.33. The van der Waals surface area contributed by atoms with Crippen LogP contribution in [-0.4, -0.2) is 47.5 Å². The zero-order valence-corrected chi connectivity index (χ0v) is 18.0. The Morgan fingerprint density at radius 2 is 2.13 bits per heavy atom. The number of esters is 1. The second-order valence-corrected chi connectivity index (χ2v) is 8.06. The van der Waals surface area contributed by atoms with Gasteiger partial charge in [-0.05, 0) is 44.4 Å². The number of rotatable bonds is 6. The van der Waals surface area contributed by atoms with Crippen molar-refractivity contribution < 1.29 is 19.1 Å². The van der Waals surface area contributed by atoms with Crippen molar-refractivity contribution in [1.82, 2.24) is 9.88 Å². The number of thiazole rings is 1. The van der Waals surface area contributed by atoms with Gasteiger partial charge in [0.25, 0.3) is 0 Å². The van der Waals surface area contributed by atoms with Crippen LogP contribution in [0.4, 0.5) is 15.6 Å². The fourth-order valence-corrected chi connectivity index (χ4v) is 4.06. The zero-order valence-electron chi connectivity index (χ0n) is 17.1. The van der Waals surface area contributed by atoms with E-state index in [9.17, 15) is 14.4 Å². The van der Waals surface area contributed by atoms with Gasteiger partial charge in [0.15, 0.2) is 5.13 Å². The first-order valence-electron chi connectivity index (χ1n) is 9.98. The van der Waals surface area contributed by atoms with Gasteiger partial charge in [0, 0.05) is 24.2 Å². The molecule has 0 aliphatic carbocycles. The highest BCUT2D eigenvalue weighted by Crippen LogP contribution is 2.21. The molecule has 3 amide bonds. The normalized spacial score (nSPS) is 16.1. The van der Waals surface area contributed by atoms with Crippen LogP contribution in [0.3, 0.4) is 0 Å². The van der Waals surface area contributed by atoms with E-state index < -0.39 is 0 Å². The summed E-state index contributed by atoms with van der Waals surface area (Å²) in [6.45, 7) is 5.08. The number of amides is 3. The molecular formula is C21H26N4O4S. The molecule has 1 aliphatic heterocycles. The van der Waals surface area contributed by atoms with Crippen LogP contribution in [0.5, 0.6) is 0 Å². The van der Waals surface area contributed by atoms with Crippen LogP contribution in [-0.2, 0) is 20.7 Å². The Labute approximate surface area is 179 Å². The Morgan fingerprint density at radius 3 is 2.90 bits per heavy atom. The molecule has 1 saturated heterocycles. The number of piperidine rings is 1. The number of benzene rings is 1. The Balaban J connectivity index is 1.51. The van der Waals surface area contributed by atoms with E-state index in [4.69, 9.17) is 4.74 Å². The molecule has 0 spiro atoms. The number of aromatic nitrogens is 1. The van der Waals surface area contributed by atoms with Gasteiger partial charge in [-0.1, -0.05) is 12.1 Å². The smallest absolute Gasteiger partial charge is 0.325 e. The van der Waals surface area contributed by atoms with E-state index in [2.05, 4.69) is 15.6 Å². The van der Waals surface area contributed by atoms with E-state index >= 15 is 0 Å². The molecule has 2 aromatic rings. The van der Waals surface area contributed by atoms with Crippen LogP contribution in [0.1, 0.15) is 31.0 Å². The lowest BCUT2D eigenvalue weighted by atomic mass is 9.98. The number of nitrogens with one attached hydrogen (secondary N) is 2. The highest BCUT2D eigenvalue weighted by molar-refractivity contribution is 7.14. The molecular weight excluding hydrogens is 404 g/mol. The molecule has 2 N–H and O–H groups in total. The van der Waals surface area contributed by atoms with Crippen molar-refractivity contribution in [3.8, 4) is 0 Å². The Bertz CT molecular complexity index is 914. The summed E-state index contributed by atoms with van der Waals surface area (Å²) in [4.78, 5) is 42.8. The number of urea groups is 1. The number of likely N-dealkylation sites (tertiary alicyclic amines) is 1. The van der Waals surface area contributed by atoms with Gasteiger partial charge in [-0.25, -0.2) is 9.78 Å². The molecule has 9 heteroatoms. The average molecular weight is 431 g/mol. The minimum atomic E-state index is -0.388. The number of ether oxygens (including phenoxy) is 1. The first-order chi connectivity index (χ1) is 14.4. The van der Waals surface area contributed by atoms with Gasteiger partial charge in [-0.3, -0.25) is 14.9 Å². The van der Waals surface area contributed by atoms with Crippen LogP contribution in [0.15, 0.2) is 29.6 Å². The van der Waals surface area contributed by atoms with E-state index in [-0.39, 0.29) is 30.2 Å². The average Bonchev–Trinajstić information content (AvgIpc) is 3.14. The SMILES string of the molecule is CCOC(=O)C1CCCN(C(=O)Cc2csc(NC(=O)Nc3cccc(C)c3)n2)C1. The van der Waals surface area contributed by atoms with Gasteiger partial charge in [-0.2, -0.15) is 0 Å². The first kappa shape index (κ1) is 21.8. The maximum absolute atomic E-state index is 12.6. The molecule has 1 atom stereocenters. The summed E-state index contributed by atoms with van der Waals surface area (Å²) in [5, 5.41) is 7.63. The fourth-order valence-electron chi connectivity index (χ4n) is 3.35. The van der Waals surface area contributed by atoms with Crippen molar-refractivity contribution in [2.45, 2.75) is 33.1 Å². The van der Waals surface area contributed by atoms with Gasteiger partial charge >= 0.3 is 12.0 Å². The monoisotopic (exact) mass is 430 g/mol.